The number of quaternary nitrogens is 1. The van der Waals surface area contributed by atoms with E-state index in [0.29, 0.717) is 47.5 Å². The van der Waals surface area contributed by atoms with Crippen molar-refractivity contribution in [2.75, 3.05) is 65.8 Å². The zero-order valence-electron chi connectivity index (χ0n) is 26.9. The van der Waals surface area contributed by atoms with Crippen LogP contribution >= 0.6 is 0 Å². The summed E-state index contributed by atoms with van der Waals surface area (Å²) < 4.78 is 83.6. The lowest BCUT2D eigenvalue weighted by Gasteiger charge is -2.40. The fourth-order valence-electron chi connectivity index (χ4n) is 5.72. The number of pyridine rings is 1. The predicted octanol–water partition coefficient (Wildman–Crippen LogP) is 3.21. The first kappa shape index (κ1) is 37.5. The number of hydrogen-bond donors (Lipinski definition) is 1. The molecule has 2 amide bonds. The van der Waals surface area contributed by atoms with Crippen LogP contribution in [0.1, 0.15) is 28.8 Å². The number of rotatable bonds is 11. The number of nitriles is 1. The molecule has 1 N–H and O–H groups in total. The zero-order valence-corrected chi connectivity index (χ0v) is 27.8. The van der Waals surface area contributed by atoms with Gasteiger partial charge in [-0.2, -0.15) is 5.26 Å². The number of carbonyl (C=O) groups excluding carboxylic acids is 2. The Balaban J connectivity index is 0.000000418. The topological polar surface area (TPSA) is 162 Å². The van der Waals surface area contributed by atoms with Crippen LogP contribution in [0.3, 0.4) is 0 Å². The van der Waals surface area contributed by atoms with Crippen molar-refractivity contribution in [2.45, 2.75) is 36.6 Å². The van der Waals surface area contributed by atoms with E-state index in [2.05, 4.69) is 10.3 Å². The zero-order chi connectivity index (χ0) is 35.7. The Bertz CT molecular complexity index is 1760. The first-order valence-electron chi connectivity index (χ1n) is 15.6. The molecule has 3 heterocycles. The molecule has 12 nitrogen and oxygen atoms in total. The van der Waals surface area contributed by atoms with Crippen molar-refractivity contribution >= 4 is 32.8 Å². The SMILES string of the molecule is Cc1ccc(S(=O)(=O)[O-])cc1.N#C[C@@H]1CC(F)(F)CN1C(=O)CNC(=O)c1ccnc2ccc(OCCC[N+]3(CCF)CCOCC3)cc12. The number of aryl methyl sites for hydroxylation is 1. The van der Waals surface area contributed by atoms with Crippen molar-refractivity contribution in [3.8, 4) is 11.8 Å². The minimum Gasteiger partial charge on any atom is -0.744 e. The fourth-order valence-corrected chi connectivity index (χ4v) is 6.19. The number of nitrogens with zero attached hydrogens (tertiary/aromatic N) is 4. The third kappa shape index (κ3) is 10.3. The summed E-state index contributed by atoms with van der Waals surface area (Å²) in [4.78, 5) is 30.2. The lowest BCUT2D eigenvalue weighted by atomic mass is 10.1. The van der Waals surface area contributed by atoms with Gasteiger partial charge in [-0.1, -0.05) is 17.7 Å². The molecule has 0 saturated carbocycles. The van der Waals surface area contributed by atoms with E-state index < -0.39 is 53.4 Å². The van der Waals surface area contributed by atoms with Gasteiger partial charge in [0.15, 0.2) is 0 Å². The number of amides is 2. The first-order valence-corrected chi connectivity index (χ1v) is 17.0. The van der Waals surface area contributed by atoms with Crippen LogP contribution in [0.2, 0.25) is 0 Å². The third-order valence-corrected chi connectivity index (χ3v) is 9.28. The summed E-state index contributed by atoms with van der Waals surface area (Å²) in [5.41, 5.74) is 1.72. The summed E-state index contributed by atoms with van der Waals surface area (Å²) >= 11 is 0. The van der Waals surface area contributed by atoms with Crippen molar-refractivity contribution in [1.82, 2.24) is 15.2 Å². The summed E-state index contributed by atoms with van der Waals surface area (Å²) in [6.45, 7) is 4.54. The Morgan fingerprint density at radius 2 is 1.88 bits per heavy atom. The van der Waals surface area contributed by atoms with Crippen molar-refractivity contribution in [3.05, 3.63) is 65.9 Å². The Morgan fingerprint density at radius 3 is 2.53 bits per heavy atom. The lowest BCUT2D eigenvalue weighted by molar-refractivity contribution is -0.935. The van der Waals surface area contributed by atoms with E-state index >= 15 is 0 Å². The highest BCUT2D eigenvalue weighted by atomic mass is 32.2. The van der Waals surface area contributed by atoms with Gasteiger partial charge in [-0.15, -0.1) is 0 Å². The molecule has 2 aliphatic rings. The molecule has 0 bridgehead atoms. The summed E-state index contributed by atoms with van der Waals surface area (Å²) in [6.07, 6.45) is 1.47. The van der Waals surface area contributed by atoms with Gasteiger partial charge in [0.25, 0.3) is 11.8 Å². The molecule has 0 unspecified atom stereocenters. The average molecular weight is 706 g/mol. The van der Waals surface area contributed by atoms with E-state index in [0.717, 1.165) is 36.5 Å². The van der Waals surface area contributed by atoms with Gasteiger partial charge in [-0.3, -0.25) is 14.6 Å². The number of morpholine rings is 1. The van der Waals surface area contributed by atoms with Gasteiger partial charge in [-0.25, -0.2) is 21.6 Å². The minimum absolute atomic E-state index is 0.178. The second-order valence-electron chi connectivity index (χ2n) is 12.0. The summed E-state index contributed by atoms with van der Waals surface area (Å²) in [5, 5.41) is 12.1. The monoisotopic (exact) mass is 705 g/mol. The van der Waals surface area contributed by atoms with E-state index in [1.807, 2.05) is 6.92 Å². The normalized spacial score (nSPS) is 18.2. The molecule has 0 spiro atoms. The molecular weight excluding hydrogens is 667 g/mol. The largest absolute Gasteiger partial charge is 0.744 e. The number of likely N-dealkylation sites (tertiary alicyclic amines) is 1. The number of carbonyl (C=O) groups is 2. The van der Waals surface area contributed by atoms with Crippen LogP contribution in [0.15, 0.2) is 59.6 Å². The maximum Gasteiger partial charge on any atom is 0.268 e. The fraction of sp³-hybridized carbons (Fsp3) is 0.455. The van der Waals surface area contributed by atoms with Gasteiger partial charge < -0.3 is 28.7 Å². The van der Waals surface area contributed by atoms with Crippen LogP contribution in [-0.2, 0) is 19.6 Å². The number of benzene rings is 2. The highest BCUT2D eigenvalue weighted by molar-refractivity contribution is 7.85. The third-order valence-electron chi connectivity index (χ3n) is 8.43. The number of nitrogens with one attached hydrogen (secondary N) is 1. The summed E-state index contributed by atoms with van der Waals surface area (Å²) in [6, 6.07) is 12.9. The van der Waals surface area contributed by atoms with Crippen molar-refractivity contribution < 1.29 is 49.7 Å². The molecule has 3 aromatic rings. The second kappa shape index (κ2) is 16.4. The van der Waals surface area contributed by atoms with E-state index in [9.17, 15) is 35.7 Å². The molecule has 1 aromatic heterocycles. The number of fused-ring (bicyclic) bond motifs is 1. The Kier molecular flexibility index (Phi) is 12.6. The average Bonchev–Trinajstić information content (AvgIpc) is 3.40. The van der Waals surface area contributed by atoms with E-state index in [1.54, 1.807) is 36.4 Å². The minimum atomic E-state index is -4.27. The molecule has 0 aliphatic carbocycles. The van der Waals surface area contributed by atoms with Gasteiger partial charge >= 0.3 is 0 Å². The van der Waals surface area contributed by atoms with Gasteiger partial charge in [0.2, 0.25) is 5.91 Å². The van der Waals surface area contributed by atoms with Crippen LogP contribution in [0, 0.1) is 18.3 Å². The number of hydrogen-bond acceptors (Lipinski definition) is 9. The van der Waals surface area contributed by atoms with Gasteiger partial charge in [-0.05, 0) is 43.3 Å². The molecule has 2 saturated heterocycles. The summed E-state index contributed by atoms with van der Waals surface area (Å²) in [7, 11) is -4.27. The molecule has 2 aliphatic heterocycles. The molecule has 2 aromatic carbocycles. The van der Waals surface area contributed by atoms with Crippen molar-refractivity contribution in [3.63, 3.8) is 0 Å². The van der Waals surface area contributed by atoms with Gasteiger partial charge in [0.1, 0.15) is 48.2 Å². The standard InChI is InChI=1S/C26H30F3N5O4.C7H8O3S/c27-5-8-34(9-12-37-13-10-34)7-1-11-38-20-2-3-23-22(14-20)21(4-6-31-23)25(36)32-17-24(35)33-18-26(28,29)15-19(33)16-30;1-6-2-4-7(5-3-6)11(8,9)10/h2-4,6,14,19H,1,5,7-13,15,17-18H2;2-5H,1H3,(H,8,9,10)/t19-;/m0./s1. The second-order valence-corrected chi connectivity index (χ2v) is 13.3. The van der Waals surface area contributed by atoms with Crippen LogP contribution in [-0.4, -0.2) is 117 Å². The smallest absolute Gasteiger partial charge is 0.268 e. The molecule has 264 valence electrons. The van der Waals surface area contributed by atoms with E-state index in [4.69, 9.17) is 14.7 Å². The Hall–Kier alpha value is -4.30. The van der Waals surface area contributed by atoms with Crippen LogP contribution < -0.4 is 10.1 Å². The number of alkyl halides is 3. The van der Waals surface area contributed by atoms with Crippen molar-refractivity contribution in [1.29, 1.82) is 5.26 Å². The van der Waals surface area contributed by atoms with Crippen LogP contribution in [0.25, 0.3) is 10.9 Å². The molecule has 49 heavy (non-hydrogen) atoms. The van der Waals surface area contributed by atoms with Gasteiger partial charge in [0, 0.05) is 24.4 Å². The summed E-state index contributed by atoms with van der Waals surface area (Å²) in [5.74, 6) is -3.92. The molecule has 16 heteroatoms. The molecule has 0 radical (unpaired) electrons. The van der Waals surface area contributed by atoms with Crippen molar-refractivity contribution in [2.24, 2.45) is 0 Å². The number of aromatic nitrogens is 1. The van der Waals surface area contributed by atoms with Crippen LogP contribution in [0.4, 0.5) is 13.2 Å². The first-order chi connectivity index (χ1) is 23.3. The Labute approximate surface area is 282 Å². The number of ether oxygens (including phenoxy) is 2. The molecule has 5 rings (SSSR count). The van der Waals surface area contributed by atoms with E-state index in [1.165, 1.54) is 24.4 Å². The van der Waals surface area contributed by atoms with E-state index in [-0.39, 0.29) is 17.1 Å². The van der Waals surface area contributed by atoms with Crippen LogP contribution in [0.5, 0.6) is 5.75 Å². The predicted molar refractivity (Wildman–Crippen MR) is 171 cm³/mol. The van der Waals surface area contributed by atoms with Gasteiger partial charge in [0.05, 0.1) is 61.5 Å². The highest BCUT2D eigenvalue weighted by Gasteiger charge is 2.47. The maximum atomic E-state index is 13.7. The number of halogens is 3. The Morgan fingerprint density at radius 1 is 1.16 bits per heavy atom. The lowest BCUT2D eigenvalue weighted by Crippen LogP contribution is -2.56. The quantitative estimate of drug-likeness (QED) is 0.179. The molecular formula is C33H38F3N5O7S. The maximum absolute atomic E-state index is 13.7. The molecule has 1 atom stereocenters. The highest BCUT2D eigenvalue weighted by Crippen LogP contribution is 2.31. The molecule has 2 fully saturated rings.